The maximum absolute atomic E-state index is 13.0. The Kier molecular flexibility index (Phi) is 2.58. The van der Waals surface area contributed by atoms with Crippen LogP contribution >= 0.6 is 0 Å². The minimum Gasteiger partial charge on any atom is -0.356 e. The number of epoxide rings is 1. The van der Waals surface area contributed by atoms with Gasteiger partial charge >= 0.3 is 0 Å². The molecule has 0 amide bonds. The van der Waals surface area contributed by atoms with Crippen molar-refractivity contribution in [1.29, 1.82) is 0 Å². The van der Waals surface area contributed by atoms with Crippen molar-refractivity contribution in [2.75, 3.05) is 0 Å². The smallest absolute Gasteiger partial charge is 0.169 e. The first kappa shape index (κ1) is 11.3. The van der Waals surface area contributed by atoms with Crippen molar-refractivity contribution in [1.82, 2.24) is 0 Å². The number of hydrogen-bond donors (Lipinski definition) is 0. The average molecular weight is 222 g/mol. The van der Waals surface area contributed by atoms with Crippen molar-refractivity contribution < 1.29 is 13.9 Å². The molecule has 16 heavy (non-hydrogen) atoms. The number of carbonyl (C=O) groups is 1. The molecule has 0 aliphatic carbocycles. The van der Waals surface area contributed by atoms with E-state index in [0.717, 1.165) is 5.56 Å². The summed E-state index contributed by atoms with van der Waals surface area (Å²) in [5.74, 6) is -0.225. The molecule has 86 valence electrons. The maximum Gasteiger partial charge on any atom is 0.169 e. The van der Waals surface area contributed by atoms with Crippen LogP contribution in [-0.4, -0.2) is 11.9 Å². The summed E-state index contributed by atoms with van der Waals surface area (Å²) in [4.78, 5) is 11.9. The van der Waals surface area contributed by atoms with Gasteiger partial charge in [-0.2, -0.15) is 0 Å². The van der Waals surface area contributed by atoms with Crippen molar-refractivity contribution >= 4 is 5.78 Å². The van der Waals surface area contributed by atoms with Crippen molar-refractivity contribution in [3.63, 3.8) is 0 Å². The van der Waals surface area contributed by atoms with Crippen LogP contribution in [0.2, 0.25) is 0 Å². The highest BCUT2D eigenvalue weighted by atomic mass is 19.1. The fourth-order valence-electron chi connectivity index (χ4n) is 1.68. The molecule has 2 rings (SSSR count). The largest absolute Gasteiger partial charge is 0.356 e. The summed E-state index contributed by atoms with van der Waals surface area (Å²) in [5.41, 5.74) is 0.329. The van der Waals surface area contributed by atoms with Crippen molar-refractivity contribution in [2.24, 2.45) is 5.41 Å². The third-order valence-corrected chi connectivity index (χ3v) is 2.67. The van der Waals surface area contributed by atoms with E-state index in [1.54, 1.807) is 12.1 Å². The second-order valence-corrected chi connectivity index (χ2v) is 5.15. The van der Waals surface area contributed by atoms with E-state index >= 15 is 0 Å². The van der Waals surface area contributed by atoms with Crippen LogP contribution < -0.4 is 0 Å². The van der Waals surface area contributed by atoms with Crippen LogP contribution in [0.25, 0.3) is 0 Å². The van der Waals surface area contributed by atoms with Crippen LogP contribution in [0.1, 0.15) is 32.4 Å². The first-order valence-corrected chi connectivity index (χ1v) is 5.35. The van der Waals surface area contributed by atoms with E-state index in [4.69, 9.17) is 4.74 Å². The molecule has 1 saturated heterocycles. The number of ether oxygens (including phenoxy) is 1. The second kappa shape index (κ2) is 3.67. The van der Waals surface area contributed by atoms with Crippen LogP contribution in [0, 0.1) is 11.2 Å². The van der Waals surface area contributed by atoms with Crippen molar-refractivity contribution in [3.05, 3.63) is 35.6 Å². The fourth-order valence-corrected chi connectivity index (χ4v) is 1.68. The Balaban J connectivity index is 2.10. The normalized spacial score (nSPS) is 24.2. The van der Waals surface area contributed by atoms with Crippen LogP contribution in [0.4, 0.5) is 4.39 Å². The van der Waals surface area contributed by atoms with Crippen LogP contribution in [0.15, 0.2) is 24.3 Å². The first-order chi connectivity index (χ1) is 7.39. The van der Waals surface area contributed by atoms with Gasteiger partial charge in [-0.25, -0.2) is 4.39 Å². The lowest BCUT2D eigenvalue weighted by Crippen LogP contribution is -2.25. The molecular formula is C13H15FO2. The lowest BCUT2D eigenvalue weighted by molar-refractivity contribution is -0.127. The Bertz CT molecular complexity index is 420. The van der Waals surface area contributed by atoms with E-state index < -0.39 is 11.5 Å². The quantitative estimate of drug-likeness (QED) is 0.720. The molecule has 0 bridgehead atoms. The van der Waals surface area contributed by atoms with Gasteiger partial charge in [0.1, 0.15) is 18.0 Å². The summed E-state index contributed by atoms with van der Waals surface area (Å²) in [5, 5.41) is 0. The predicted molar refractivity (Wildman–Crippen MR) is 58.5 cm³/mol. The molecule has 0 spiro atoms. The van der Waals surface area contributed by atoms with Gasteiger partial charge in [-0.3, -0.25) is 4.79 Å². The number of Topliss-reactive ketones (excluding diaryl/α,β-unsaturated/α-hetero) is 1. The molecule has 3 heteroatoms. The van der Waals surface area contributed by atoms with Gasteiger partial charge in [0.05, 0.1) is 0 Å². The summed E-state index contributed by atoms with van der Waals surface area (Å²) in [6, 6.07) is 6.21. The molecule has 1 aliphatic rings. The first-order valence-electron chi connectivity index (χ1n) is 5.35. The number of benzene rings is 1. The third-order valence-electron chi connectivity index (χ3n) is 2.67. The Hall–Kier alpha value is -1.22. The summed E-state index contributed by atoms with van der Waals surface area (Å²) >= 11 is 0. The number of rotatable bonds is 2. The van der Waals surface area contributed by atoms with Gasteiger partial charge in [0, 0.05) is 5.41 Å². The second-order valence-electron chi connectivity index (χ2n) is 5.15. The van der Waals surface area contributed by atoms with E-state index in [1.165, 1.54) is 12.1 Å². The molecule has 2 unspecified atom stereocenters. The molecule has 2 atom stereocenters. The van der Waals surface area contributed by atoms with Gasteiger partial charge in [0.2, 0.25) is 0 Å². The molecule has 1 heterocycles. The summed E-state index contributed by atoms with van der Waals surface area (Å²) in [7, 11) is 0. The van der Waals surface area contributed by atoms with E-state index in [-0.39, 0.29) is 17.7 Å². The lowest BCUT2D eigenvalue weighted by atomic mass is 9.87. The molecule has 0 radical (unpaired) electrons. The van der Waals surface area contributed by atoms with Gasteiger partial charge in [-0.1, -0.05) is 32.9 Å². The van der Waals surface area contributed by atoms with Crippen LogP contribution in [-0.2, 0) is 9.53 Å². The highest BCUT2D eigenvalue weighted by Crippen LogP contribution is 2.42. The molecule has 2 nitrogen and oxygen atoms in total. The fraction of sp³-hybridized carbons (Fsp3) is 0.462. The number of ketones is 1. The summed E-state index contributed by atoms with van der Waals surface area (Å²) in [6.07, 6.45) is -0.663. The predicted octanol–water partition coefficient (Wildman–Crippen LogP) is 2.88. The SMILES string of the molecule is CC(C)(C)C(=O)C1OC1c1cccc(F)c1. The molecular weight excluding hydrogens is 207 g/mol. The maximum atomic E-state index is 13.0. The number of carbonyl (C=O) groups excluding carboxylic acids is 1. The lowest BCUT2D eigenvalue weighted by Gasteiger charge is -2.14. The zero-order valence-electron chi connectivity index (χ0n) is 9.66. The zero-order valence-corrected chi connectivity index (χ0v) is 9.66. The third kappa shape index (κ3) is 2.14. The Morgan fingerprint density at radius 1 is 1.38 bits per heavy atom. The number of hydrogen-bond acceptors (Lipinski definition) is 2. The molecule has 0 N–H and O–H groups in total. The standard InChI is InChI=1S/C13H15FO2/c1-13(2,3)12(15)11-10(16-11)8-5-4-6-9(14)7-8/h4-7,10-11H,1-3H3. The van der Waals surface area contributed by atoms with Gasteiger partial charge in [0.25, 0.3) is 0 Å². The Labute approximate surface area is 94.4 Å². The molecule has 0 aromatic heterocycles. The highest BCUT2D eigenvalue weighted by molar-refractivity contribution is 5.90. The minimum absolute atomic E-state index is 0.0711. The molecule has 1 aliphatic heterocycles. The topological polar surface area (TPSA) is 29.6 Å². The van der Waals surface area contributed by atoms with Crippen LogP contribution in [0.5, 0.6) is 0 Å². The molecule has 1 fully saturated rings. The van der Waals surface area contributed by atoms with E-state index in [2.05, 4.69) is 0 Å². The Morgan fingerprint density at radius 2 is 2.06 bits per heavy atom. The monoisotopic (exact) mass is 222 g/mol. The number of halogens is 1. The van der Waals surface area contributed by atoms with Crippen LogP contribution in [0.3, 0.4) is 0 Å². The van der Waals surface area contributed by atoms with E-state index in [1.807, 2.05) is 20.8 Å². The van der Waals surface area contributed by atoms with Crippen molar-refractivity contribution in [2.45, 2.75) is 33.0 Å². The molecule has 0 saturated carbocycles. The highest BCUT2D eigenvalue weighted by Gasteiger charge is 2.49. The van der Waals surface area contributed by atoms with Gasteiger partial charge < -0.3 is 4.74 Å². The minimum atomic E-state index is -0.410. The average Bonchev–Trinajstić information content (AvgIpc) is 2.94. The Morgan fingerprint density at radius 3 is 2.62 bits per heavy atom. The molecule has 1 aromatic carbocycles. The van der Waals surface area contributed by atoms with E-state index in [9.17, 15) is 9.18 Å². The van der Waals surface area contributed by atoms with Crippen molar-refractivity contribution in [3.8, 4) is 0 Å². The summed E-state index contributed by atoms with van der Waals surface area (Å²) in [6.45, 7) is 5.58. The molecule has 1 aromatic rings. The van der Waals surface area contributed by atoms with Gasteiger partial charge in [0.15, 0.2) is 5.78 Å². The van der Waals surface area contributed by atoms with Gasteiger partial charge in [-0.15, -0.1) is 0 Å². The van der Waals surface area contributed by atoms with Gasteiger partial charge in [-0.05, 0) is 17.7 Å². The van der Waals surface area contributed by atoms with E-state index in [0.29, 0.717) is 0 Å². The summed E-state index contributed by atoms with van der Waals surface area (Å²) < 4.78 is 18.3. The zero-order chi connectivity index (χ0) is 11.9.